The van der Waals surface area contributed by atoms with Gasteiger partial charge in [0.1, 0.15) is 17.5 Å². The Morgan fingerprint density at radius 3 is 2.71 bits per heavy atom. The highest BCUT2D eigenvalue weighted by molar-refractivity contribution is 5.58. The van der Waals surface area contributed by atoms with Crippen LogP contribution >= 0.6 is 0 Å². The Kier molecular flexibility index (Phi) is 4.77. The van der Waals surface area contributed by atoms with E-state index in [1.165, 1.54) is 0 Å². The van der Waals surface area contributed by atoms with Crippen molar-refractivity contribution in [3.8, 4) is 11.4 Å². The van der Waals surface area contributed by atoms with Crippen molar-refractivity contribution in [2.45, 2.75) is 13.0 Å². The molecule has 0 saturated heterocycles. The van der Waals surface area contributed by atoms with Crippen LogP contribution in [0.5, 0.6) is 0 Å². The van der Waals surface area contributed by atoms with Gasteiger partial charge >= 0.3 is 0 Å². The number of hydrogen-bond donors (Lipinski definition) is 3. The van der Waals surface area contributed by atoms with Gasteiger partial charge in [0.25, 0.3) is 0 Å². The third-order valence-electron chi connectivity index (χ3n) is 2.75. The lowest BCUT2D eigenvalue weighted by atomic mass is 10.2. The summed E-state index contributed by atoms with van der Waals surface area (Å²) in [4.78, 5) is 8.17. The molecule has 0 fully saturated rings. The molecule has 1 aromatic heterocycles. The van der Waals surface area contributed by atoms with Gasteiger partial charge in [-0.1, -0.05) is 0 Å². The van der Waals surface area contributed by atoms with Gasteiger partial charge in [-0.05, 0) is 25.1 Å². The Balaban J connectivity index is 2.32. The van der Waals surface area contributed by atoms with Gasteiger partial charge in [-0.25, -0.2) is 18.7 Å². The predicted molar refractivity (Wildman–Crippen MR) is 73.7 cm³/mol. The third-order valence-corrected chi connectivity index (χ3v) is 2.75. The summed E-state index contributed by atoms with van der Waals surface area (Å²) in [5.41, 5.74) is 0.522. The molecule has 1 aromatic carbocycles. The maximum absolute atomic E-state index is 13.7. The first-order valence-corrected chi connectivity index (χ1v) is 6.33. The summed E-state index contributed by atoms with van der Waals surface area (Å²) in [7, 11) is 0. The number of aromatic nitrogens is 2. The largest absolute Gasteiger partial charge is 0.394 e. The van der Waals surface area contributed by atoms with E-state index in [1.807, 2.05) is 0 Å². The Labute approximate surface area is 120 Å². The van der Waals surface area contributed by atoms with Gasteiger partial charge < -0.3 is 15.5 Å². The van der Waals surface area contributed by atoms with Crippen molar-refractivity contribution in [1.82, 2.24) is 9.97 Å². The predicted octanol–water partition coefficient (Wildman–Crippen LogP) is 1.50. The minimum Gasteiger partial charge on any atom is -0.394 e. The highest BCUT2D eigenvalue weighted by Crippen LogP contribution is 2.22. The average Bonchev–Trinajstić information content (AvgIpc) is 2.46. The monoisotopic (exact) mass is 295 g/mol. The second-order valence-corrected chi connectivity index (χ2v) is 4.56. The van der Waals surface area contributed by atoms with Crippen molar-refractivity contribution < 1.29 is 19.0 Å². The second kappa shape index (κ2) is 6.55. The lowest BCUT2D eigenvalue weighted by Crippen LogP contribution is -2.23. The van der Waals surface area contributed by atoms with Gasteiger partial charge in [-0.15, -0.1) is 0 Å². The van der Waals surface area contributed by atoms with E-state index in [9.17, 15) is 13.9 Å². The Bertz CT molecular complexity index is 638. The molecule has 112 valence electrons. The number of benzene rings is 1. The molecule has 0 aliphatic carbocycles. The molecule has 3 N–H and O–H groups in total. The van der Waals surface area contributed by atoms with E-state index in [1.54, 1.807) is 13.0 Å². The number of rotatable bonds is 5. The van der Waals surface area contributed by atoms with E-state index in [0.717, 1.165) is 18.2 Å². The van der Waals surface area contributed by atoms with E-state index in [-0.39, 0.29) is 24.5 Å². The first kappa shape index (κ1) is 15.3. The zero-order chi connectivity index (χ0) is 15.4. The Morgan fingerprint density at radius 1 is 1.24 bits per heavy atom. The summed E-state index contributed by atoms with van der Waals surface area (Å²) in [6.07, 6.45) is -0.936. The fourth-order valence-electron chi connectivity index (χ4n) is 1.74. The van der Waals surface area contributed by atoms with E-state index < -0.39 is 17.7 Å². The van der Waals surface area contributed by atoms with Crippen LogP contribution in [-0.2, 0) is 0 Å². The molecule has 2 aromatic rings. The highest BCUT2D eigenvalue weighted by atomic mass is 19.1. The number of nitrogens with zero attached hydrogens (tertiary/aromatic N) is 2. The molecule has 1 atom stereocenters. The molecule has 5 nitrogen and oxygen atoms in total. The summed E-state index contributed by atoms with van der Waals surface area (Å²) in [5, 5.41) is 20.8. The molecule has 0 spiro atoms. The van der Waals surface area contributed by atoms with Crippen molar-refractivity contribution in [2.75, 3.05) is 18.5 Å². The van der Waals surface area contributed by atoms with Crippen LogP contribution in [0.15, 0.2) is 24.3 Å². The molecular formula is C14H15F2N3O2. The molecule has 0 radical (unpaired) electrons. The number of halogens is 2. The van der Waals surface area contributed by atoms with Gasteiger partial charge in [0, 0.05) is 18.3 Å². The van der Waals surface area contributed by atoms with Crippen LogP contribution in [0.3, 0.4) is 0 Å². The van der Waals surface area contributed by atoms with Gasteiger partial charge in [0.05, 0.1) is 18.3 Å². The molecule has 21 heavy (non-hydrogen) atoms. The molecule has 7 heteroatoms. The molecule has 2 rings (SSSR count). The topological polar surface area (TPSA) is 78.3 Å². The van der Waals surface area contributed by atoms with Crippen molar-refractivity contribution in [1.29, 1.82) is 0 Å². The normalized spacial score (nSPS) is 12.2. The number of aliphatic hydroxyl groups excluding tert-OH is 2. The molecule has 0 bridgehead atoms. The number of anilines is 1. The first-order chi connectivity index (χ1) is 9.99. The number of nitrogens with one attached hydrogen (secondary N) is 1. The van der Waals surface area contributed by atoms with Crippen molar-refractivity contribution in [2.24, 2.45) is 0 Å². The van der Waals surface area contributed by atoms with E-state index >= 15 is 0 Å². The summed E-state index contributed by atoms with van der Waals surface area (Å²) in [6, 6.07) is 4.66. The summed E-state index contributed by atoms with van der Waals surface area (Å²) >= 11 is 0. The third kappa shape index (κ3) is 3.93. The highest BCUT2D eigenvalue weighted by Gasteiger charge is 2.12. The maximum Gasteiger partial charge on any atom is 0.164 e. The van der Waals surface area contributed by atoms with E-state index in [0.29, 0.717) is 11.5 Å². The molecular weight excluding hydrogens is 280 g/mol. The summed E-state index contributed by atoms with van der Waals surface area (Å²) < 4.78 is 27.0. The van der Waals surface area contributed by atoms with Crippen LogP contribution in [0, 0.1) is 18.6 Å². The standard InChI is InChI=1S/C14H15F2N3O2/c1-8-4-13(17-6-10(21)7-20)19-14(18-8)11-5-9(15)2-3-12(11)16/h2-5,10,20-21H,6-7H2,1H3,(H,17,18,19). The molecule has 0 aliphatic rings. The van der Waals surface area contributed by atoms with Crippen LogP contribution in [0.25, 0.3) is 11.4 Å². The zero-order valence-corrected chi connectivity index (χ0v) is 11.3. The van der Waals surface area contributed by atoms with Crippen LogP contribution in [0.4, 0.5) is 14.6 Å². The fraction of sp³-hybridized carbons (Fsp3) is 0.286. The second-order valence-electron chi connectivity index (χ2n) is 4.56. The van der Waals surface area contributed by atoms with Crippen LogP contribution in [-0.4, -0.2) is 39.4 Å². The van der Waals surface area contributed by atoms with Crippen molar-refractivity contribution in [3.63, 3.8) is 0 Å². The molecule has 0 saturated carbocycles. The van der Waals surface area contributed by atoms with E-state index in [4.69, 9.17) is 5.11 Å². The number of aryl methyl sites for hydroxylation is 1. The minimum atomic E-state index is -0.936. The van der Waals surface area contributed by atoms with E-state index in [2.05, 4.69) is 15.3 Å². The maximum atomic E-state index is 13.7. The minimum absolute atomic E-state index is 0.0375. The first-order valence-electron chi connectivity index (χ1n) is 6.33. The molecule has 0 amide bonds. The van der Waals surface area contributed by atoms with Gasteiger partial charge in [-0.3, -0.25) is 0 Å². The summed E-state index contributed by atoms with van der Waals surface area (Å²) in [6.45, 7) is 1.39. The quantitative estimate of drug-likeness (QED) is 0.779. The fourth-order valence-corrected chi connectivity index (χ4v) is 1.74. The lowest BCUT2D eigenvalue weighted by Gasteiger charge is -2.11. The number of aliphatic hydroxyl groups is 2. The van der Waals surface area contributed by atoms with Gasteiger partial charge in [0.2, 0.25) is 0 Å². The van der Waals surface area contributed by atoms with Crippen LogP contribution in [0.1, 0.15) is 5.69 Å². The van der Waals surface area contributed by atoms with Crippen LogP contribution < -0.4 is 5.32 Å². The van der Waals surface area contributed by atoms with Crippen LogP contribution in [0.2, 0.25) is 0 Å². The SMILES string of the molecule is Cc1cc(NCC(O)CO)nc(-c2cc(F)ccc2F)n1. The Morgan fingerprint density at radius 2 is 2.00 bits per heavy atom. The van der Waals surface area contributed by atoms with Crippen molar-refractivity contribution in [3.05, 3.63) is 41.6 Å². The van der Waals surface area contributed by atoms with Crippen molar-refractivity contribution >= 4 is 5.82 Å². The van der Waals surface area contributed by atoms with Gasteiger partial charge in [0.15, 0.2) is 5.82 Å². The zero-order valence-electron chi connectivity index (χ0n) is 11.3. The number of hydrogen-bond acceptors (Lipinski definition) is 5. The molecule has 1 unspecified atom stereocenters. The Hall–Kier alpha value is -2.12. The average molecular weight is 295 g/mol. The lowest BCUT2D eigenvalue weighted by molar-refractivity contribution is 0.105. The molecule has 1 heterocycles. The summed E-state index contributed by atoms with van der Waals surface area (Å²) in [5.74, 6) is -0.799. The smallest absolute Gasteiger partial charge is 0.164 e. The molecule has 0 aliphatic heterocycles. The van der Waals surface area contributed by atoms with Gasteiger partial charge in [-0.2, -0.15) is 0 Å².